The molecule has 8 heteroatoms. The van der Waals surface area contributed by atoms with Gasteiger partial charge in [-0.2, -0.15) is 13.2 Å². The third-order valence-electron chi connectivity index (χ3n) is 4.18. The fraction of sp³-hybridized carbons (Fsp3) is 0.562. The lowest BCUT2D eigenvalue weighted by molar-refractivity contribution is -0.254. The molecule has 0 aromatic heterocycles. The molecule has 1 amide bonds. The first kappa shape index (κ1) is 18.4. The third kappa shape index (κ3) is 4.11. The molecule has 0 spiro atoms. The number of benzene rings is 1. The molecule has 1 atom stereocenters. The predicted molar refractivity (Wildman–Crippen MR) is 83.1 cm³/mol. The summed E-state index contributed by atoms with van der Waals surface area (Å²) < 4.78 is 43.1. The predicted octanol–water partition coefficient (Wildman–Crippen LogP) is 2.05. The summed E-state index contributed by atoms with van der Waals surface area (Å²) >= 11 is 0. The van der Waals surface area contributed by atoms with E-state index in [1.807, 2.05) is 29.2 Å². The van der Waals surface area contributed by atoms with Crippen molar-refractivity contribution in [2.24, 2.45) is 0 Å². The minimum absolute atomic E-state index is 0.318. The number of nitrogens with zero attached hydrogens (tertiary/aromatic N) is 2. The highest BCUT2D eigenvalue weighted by Gasteiger charge is 2.51. The molecule has 24 heavy (non-hydrogen) atoms. The molecule has 0 radical (unpaired) electrons. The number of carbonyl (C=O) groups excluding carboxylic acids is 1. The van der Waals surface area contributed by atoms with E-state index in [1.54, 1.807) is 7.11 Å². The van der Waals surface area contributed by atoms with Gasteiger partial charge in [-0.15, -0.1) is 0 Å². The highest BCUT2D eigenvalue weighted by molar-refractivity contribution is 5.77. The Hall–Kier alpha value is -1.96. The van der Waals surface area contributed by atoms with Crippen LogP contribution < -0.4 is 9.64 Å². The van der Waals surface area contributed by atoms with Crippen LogP contribution in [0.4, 0.5) is 18.9 Å². The Labute approximate surface area is 138 Å². The summed E-state index contributed by atoms with van der Waals surface area (Å²) in [4.78, 5) is 15.4. The average Bonchev–Trinajstić information content (AvgIpc) is 2.53. The summed E-state index contributed by atoms with van der Waals surface area (Å²) in [5, 5.41) is 9.44. The van der Waals surface area contributed by atoms with E-state index in [9.17, 15) is 23.1 Å². The van der Waals surface area contributed by atoms with E-state index in [1.165, 1.54) is 4.90 Å². The fourth-order valence-corrected chi connectivity index (χ4v) is 2.51. The van der Waals surface area contributed by atoms with Crippen molar-refractivity contribution >= 4 is 11.6 Å². The average molecular weight is 346 g/mol. The van der Waals surface area contributed by atoms with Crippen LogP contribution in [0.15, 0.2) is 24.3 Å². The maximum absolute atomic E-state index is 12.7. The zero-order valence-corrected chi connectivity index (χ0v) is 13.6. The number of hydrogen-bond donors (Lipinski definition) is 1. The van der Waals surface area contributed by atoms with Gasteiger partial charge in [-0.1, -0.05) is 0 Å². The van der Waals surface area contributed by atoms with E-state index in [2.05, 4.69) is 0 Å². The van der Waals surface area contributed by atoms with Crippen LogP contribution in [0.25, 0.3) is 0 Å². The SMILES string of the molecule is COc1ccc(N2CCN(C(=O)C[C@@](C)(O)C(F)(F)F)CC2)cc1. The molecule has 5 nitrogen and oxygen atoms in total. The van der Waals surface area contributed by atoms with Crippen LogP contribution in [0.3, 0.4) is 0 Å². The second-order valence-corrected chi connectivity index (χ2v) is 6.01. The van der Waals surface area contributed by atoms with Crippen molar-refractivity contribution in [2.75, 3.05) is 38.2 Å². The number of anilines is 1. The molecule has 134 valence electrons. The van der Waals surface area contributed by atoms with Gasteiger partial charge in [0, 0.05) is 31.9 Å². The van der Waals surface area contributed by atoms with Gasteiger partial charge in [0.2, 0.25) is 5.91 Å². The van der Waals surface area contributed by atoms with Crippen LogP contribution in [0.2, 0.25) is 0 Å². The molecule has 0 bridgehead atoms. The minimum atomic E-state index is -4.83. The Morgan fingerprint density at radius 3 is 2.17 bits per heavy atom. The molecule has 0 aliphatic carbocycles. The molecule has 1 aromatic carbocycles. The molecule has 1 N–H and O–H groups in total. The van der Waals surface area contributed by atoms with Gasteiger partial charge in [0.1, 0.15) is 5.75 Å². The number of halogens is 3. The van der Waals surface area contributed by atoms with E-state index in [0.29, 0.717) is 33.1 Å². The number of carbonyl (C=O) groups is 1. The number of methoxy groups -OCH3 is 1. The van der Waals surface area contributed by atoms with Crippen LogP contribution in [0.5, 0.6) is 5.75 Å². The first-order valence-electron chi connectivity index (χ1n) is 7.60. The van der Waals surface area contributed by atoms with Crippen LogP contribution >= 0.6 is 0 Å². The van der Waals surface area contributed by atoms with E-state index in [-0.39, 0.29) is 0 Å². The standard InChI is InChI=1S/C16H21F3N2O3/c1-15(23,16(17,18)19)11-14(22)21-9-7-20(8-10-21)12-3-5-13(24-2)6-4-12/h3-6,23H,7-11H2,1-2H3/t15-/m1/s1. The number of aliphatic hydroxyl groups is 1. The number of rotatable bonds is 4. The van der Waals surface area contributed by atoms with Crippen molar-refractivity contribution < 1.29 is 27.8 Å². The summed E-state index contributed by atoms with van der Waals surface area (Å²) in [5.74, 6) is 0.0497. The normalized spacial score (nSPS) is 18.2. The van der Waals surface area contributed by atoms with E-state index >= 15 is 0 Å². The molecule has 0 saturated carbocycles. The summed E-state index contributed by atoms with van der Waals surface area (Å²) in [6.07, 6.45) is -5.79. The molecule has 1 heterocycles. The van der Waals surface area contributed by atoms with E-state index in [0.717, 1.165) is 11.4 Å². The van der Waals surface area contributed by atoms with Crippen molar-refractivity contribution in [3.63, 3.8) is 0 Å². The number of piperazine rings is 1. The summed E-state index contributed by atoms with van der Waals surface area (Å²) in [5.41, 5.74) is -2.04. The highest BCUT2D eigenvalue weighted by atomic mass is 19.4. The molecule has 1 aliphatic heterocycles. The zero-order valence-electron chi connectivity index (χ0n) is 13.6. The molecular formula is C16H21F3N2O3. The second kappa shape index (κ2) is 6.88. The van der Waals surface area contributed by atoms with Crippen LogP contribution in [-0.2, 0) is 4.79 Å². The number of amides is 1. The van der Waals surface area contributed by atoms with Gasteiger partial charge >= 0.3 is 6.18 Å². The summed E-state index contributed by atoms with van der Waals surface area (Å²) in [6.45, 7) is 2.30. The molecule has 1 aromatic rings. The number of alkyl halides is 3. The van der Waals surface area contributed by atoms with Crippen molar-refractivity contribution in [3.05, 3.63) is 24.3 Å². The molecule has 0 unspecified atom stereocenters. The molecule has 1 saturated heterocycles. The first-order chi connectivity index (χ1) is 11.1. The topological polar surface area (TPSA) is 53.0 Å². The maximum atomic E-state index is 12.7. The number of hydrogen-bond acceptors (Lipinski definition) is 4. The van der Waals surface area contributed by atoms with Gasteiger partial charge in [0.15, 0.2) is 5.60 Å². The van der Waals surface area contributed by atoms with Crippen LogP contribution in [0, 0.1) is 0 Å². The molecule has 1 aliphatic rings. The lowest BCUT2D eigenvalue weighted by Crippen LogP contribution is -2.52. The largest absolute Gasteiger partial charge is 0.497 e. The Kier molecular flexibility index (Phi) is 5.27. The second-order valence-electron chi connectivity index (χ2n) is 6.01. The Morgan fingerprint density at radius 2 is 1.71 bits per heavy atom. The van der Waals surface area contributed by atoms with Gasteiger partial charge in [0.25, 0.3) is 0 Å². The molecule has 2 rings (SSSR count). The number of ether oxygens (including phenoxy) is 1. The Morgan fingerprint density at radius 1 is 1.17 bits per heavy atom. The van der Waals surface area contributed by atoms with Gasteiger partial charge in [0.05, 0.1) is 13.5 Å². The smallest absolute Gasteiger partial charge is 0.417 e. The van der Waals surface area contributed by atoms with Crippen molar-refractivity contribution in [3.8, 4) is 5.75 Å². The molecular weight excluding hydrogens is 325 g/mol. The lowest BCUT2D eigenvalue weighted by Gasteiger charge is -2.37. The van der Waals surface area contributed by atoms with Gasteiger partial charge in [-0.05, 0) is 31.2 Å². The van der Waals surface area contributed by atoms with Crippen LogP contribution in [-0.4, -0.2) is 61.0 Å². The maximum Gasteiger partial charge on any atom is 0.417 e. The van der Waals surface area contributed by atoms with Crippen molar-refractivity contribution in [1.82, 2.24) is 4.90 Å². The quantitative estimate of drug-likeness (QED) is 0.907. The van der Waals surface area contributed by atoms with E-state index in [4.69, 9.17) is 4.74 Å². The lowest BCUT2D eigenvalue weighted by atomic mass is 10.0. The van der Waals surface area contributed by atoms with Gasteiger partial charge in [-0.25, -0.2) is 0 Å². The van der Waals surface area contributed by atoms with E-state index < -0.39 is 24.1 Å². The van der Waals surface area contributed by atoms with Gasteiger partial charge in [-0.3, -0.25) is 4.79 Å². The summed E-state index contributed by atoms with van der Waals surface area (Å²) in [6, 6.07) is 7.44. The zero-order chi connectivity index (χ0) is 18.0. The monoisotopic (exact) mass is 346 g/mol. The first-order valence-corrected chi connectivity index (χ1v) is 7.60. The fourth-order valence-electron chi connectivity index (χ4n) is 2.51. The van der Waals surface area contributed by atoms with Crippen LogP contribution in [0.1, 0.15) is 13.3 Å². The van der Waals surface area contributed by atoms with Crippen molar-refractivity contribution in [2.45, 2.75) is 25.1 Å². The van der Waals surface area contributed by atoms with Crippen molar-refractivity contribution in [1.29, 1.82) is 0 Å². The van der Waals surface area contributed by atoms with Gasteiger partial charge < -0.3 is 19.6 Å². The third-order valence-corrected chi connectivity index (χ3v) is 4.18. The highest BCUT2D eigenvalue weighted by Crippen LogP contribution is 2.33. The Bertz CT molecular complexity index is 565. The Balaban J connectivity index is 1.91. The minimum Gasteiger partial charge on any atom is -0.497 e. The molecule has 1 fully saturated rings. The summed E-state index contributed by atoms with van der Waals surface area (Å²) in [7, 11) is 1.58.